The fourth-order valence-corrected chi connectivity index (χ4v) is 6.01. The SMILES string of the molecule is CC(C12CC3CC(CC(C3)C1)C2)S(N)(=O)=O. The van der Waals surface area contributed by atoms with Gasteiger partial charge in [-0.05, 0) is 68.6 Å². The van der Waals surface area contributed by atoms with Gasteiger partial charge in [0.15, 0.2) is 0 Å². The lowest BCUT2D eigenvalue weighted by Gasteiger charge is -2.58. The summed E-state index contributed by atoms with van der Waals surface area (Å²) in [6.45, 7) is 1.84. The molecule has 0 aliphatic heterocycles. The molecule has 92 valence electrons. The quantitative estimate of drug-likeness (QED) is 0.805. The summed E-state index contributed by atoms with van der Waals surface area (Å²) in [6, 6.07) is 0. The lowest BCUT2D eigenvalue weighted by molar-refractivity contribution is -0.0522. The molecule has 3 nitrogen and oxygen atoms in total. The van der Waals surface area contributed by atoms with Crippen LogP contribution in [0, 0.1) is 23.2 Å². The number of nitrogens with two attached hydrogens (primary N) is 1. The van der Waals surface area contributed by atoms with Crippen LogP contribution in [-0.2, 0) is 10.0 Å². The maximum absolute atomic E-state index is 11.6. The van der Waals surface area contributed by atoms with Crippen LogP contribution in [0.15, 0.2) is 0 Å². The summed E-state index contributed by atoms with van der Waals surface area (Å²) >= 11 is 0. The molecule has 4 bridgehead atoms. The smallest absolute Gasteiger partial charge is 0.212 e. The largest absolute Gasteiger partial charge is 0.228 e. The van der Waals surface area contributed by atoms with Gasteiger partial charge < -0.3 is 0 Å². The standard InChI is InChI=1S/C12H21NO2S/c1-8(16(13,14)15)12-5-9-2-10(6-12)4-11(3-9)7-12/h8-11H,2-7H2,1H3,(H2,13,14,15). The second-order valence-corrected chi connectivity index (χ2v) is 8.40. The van der Waals surface area contributed by atoms with E-state index in [1.165, 1.54) is 19.3 Å². The predicted octanol–water partition coefficient (Wildman–Crippen LogP) is 1.88. The molecule has 0 amide bonds. The summed E-state index contributed by atoms with van der Waals surface area (Å²) < 4.78 is 23.2. The Morgan fingerprint density at radius 3 is 1.75 bits per heavy atom. The molecule has 4 heteroatoms. The highest BCUT2D eigenvalue weighted by atomic mass is 32.2. The van der Waals surface area contributed by atoms with Crippen molar-refractivity contribution in [1.82, 2.24) is 0 Å². The second kappa shape index (κ2) is 3.22. The zero-order chi connectivity index (χ0) is 11.6. The molecular weight excluding hydrogens is 222 g/mol. The van der Waals surface area contributed by atoms with Crippen LogP contribution in [0.3, 0.4) is 0 Å². The monoisotopic (exact) mass is 243 g/mol. The Kier molecular flexibility index (Phi) is 2.22. The Bertz CT molecular complexity index is 366. The number of hydrogen-bond acceptors (Lipinski definition) is 2. The molecule has 2 N–H and O–H groups in total. The van der Waals surface area contributed by atoms with E-state index in [1.807, 2.05) is 6.92 Å². The van der Waals surface area contributed by atoms with Crippen molar-refractivity contribution in [1.29, 1.82) is 0 Å². The third-order valence-electron chi connectivity index (χ3n) is 5.44. The highest BCUT2D eigenvalue weighted by Gasteiger charge is 2.55. The summed E-state index contributed by atoms with van der Waals surface area (Å²) in [4.78, 5) is 0. The molecule has 0 aromatic carbocycles. The first-order valence-corrected chi connectivity index (χ1v) is 8.02. The van der Waals surface area contributed by atoms with Gasteiger partial charge in [0, 0.05) is 0 Å². The van der Waals surface area contributed by atoms with Crippen LogP contribution in [0.25, 0.3) is 0 Å². The fraction of sp³-hybridized carbons (Fsp3) is 1.00. The number of rotatable bonds is 2. The molecule has 1 unspecified atom stereocenters. The first-order valence-electron chi connectivity index (χ1n) is 6.41. The van der Waals surface area contributed by atoms with Crippen LogP contribution in [0.5, 0.6) is 0 Å². The Morgan fingerprint density at radius 1 is 1.06 bits per heavy atom. The van der Waals surface area contributed by atoms with Gasteiger partial charge in [0.25, 0.3) is 0 Å². The summed E-state index contributed by atoms with van der Waals surface area (Å²) in [6.07, 6.45) is 7.35. The van der Waals surface area contributed by atoms with E-state index in [4.69, 9.17) is 5.14 Å². The van der Waals surface area contributed by atoms with Crippen molar-refractivity contribution < 1.29 is 8.42 Å². The lowest BCUT2D eigenvalue weighted by atomic mass is 9.49. The van der Waals surface area contributed by atoms with Crippen molar-refractivity contribution in [3.8, 4) is 0 Å². The zero-order valence-electron chi connectivity index (χ0n) is 9.85. The van der Waals surface area contributed by atoms with Gasteiger partial charge in [0.2, 0.25) is 10.0 Å². The summed E-state index contributed by atoms with van der Waals surface area (Å²) in [5, 5.41) is 5.03. The van der Waals surface area contributed by atoms with E-state index in [0.29, 0.717) is 0 Å². The molecular formula is C12H21NO2S. The molecule has 4 aliphatic rings. The van der Waals surface area contributed by atoms with Gasteiger partial charge in [-0.2, -0.15) is 0 Å². The van der Waals surface area contributed by atoms with E-state index in [2.05, 4.69) is 0 Å². The molecule has 0 aromatic heterocycles. The summed E-state index contributed by atoms with van der Waals surface area (Å²) in [5.41, 5.74) is 0.0301. The molecule has 0 radical (unpaired) electrons. The first kappa shape index (κ1) is 11.0. The third-order valence-corrected chi connectivity index (χ3v) is 6.93. The topological polar surface area (TPSA) is 60.2 Å². The van der Waals surface area contributed by atoms with Gasteiger partial charge in [-0.15, -0.1) is 0 Å². The molecule has 1 atom stereocenters. The van der Waals surface area contributed by atoms with E-state index in [1.54, 1.807) is 0 Å². The van der Waals surface area contributed by atoms with Gasteiger partial charge in [0.1, 0.15) is 0 Å². The van der Waals surface area contributed by atoms with Crippen molar-refractivity contribution in [2.45, 2.75) is 50.7 Å². The van der Waals surface area contributed by atoms with Crippen LogP contribution in [0.2, 0.25) is 0 Å². The van der Waals surface area contributed by atoms with Crippen molar-refractivity contribution >= 4 is 10.0 Å². The fourth-order valence-electron chi connectivity index (χ4n) is 5.02. The lowest BCUT2D eigenvalue weighted by Crippen LogP contribution is -2.54. The van der Waals surface area contributed by atoms with Crippen LogP contribution in [0.1, 0.15) is 45.4 Å². The Morgan fingerprint density at radius 2 is 1.44 bits per heavy atom. The van der Waals surface area contributed by atoms with Gasteiger partial charge in [-0.1, -0.05) is 0 Å². The minimum Gasteiger partial charge on any atom is -0.228 e. The van der Waals surface area contributed by atoms with Crippen LogP contribution >= 0.6 is 0 Å². The Labute approximate surface area is 97.8 Å². The average molecular weight is 243 g/mol. The van der Waals surface area contributed by atoms with Crippen LogP contribution in [0.4, 0.5) is 0 Å². The Balaban J connectivity index is 1.94. The average Bonchev–Trinajstić information content (AvgIpc) is 2.12. The number of sulfonamides is 1. The minimum atomic E-state index is -3.37. The van der Waals surface area contributed by atoms with E-state index < -0.39 is 10.0 Å². The molecule has 4 fully saturated rings. The molecule has 0 heterocycles. The maximum atomic E-state index is 11.6. The molecule has 4 aliphatic carbocycles. The van der Waals surface area contributed by atoms with Crippen LogP contribution < -0.4 is 5.14 Å². The molecule has 0 spiro atoms. The molecule has 4 saturated carbocycles. The summed E-state index contributed by atoms with van der Waals surface area (Å²) in [5.74, 6) is 2.36. The number of hydrogen-bond donors (Lipinski definition) is 1. The van der Waals surface area contributed by atoms with E-state index in [9.17, 15) is 8.42 Å². The molecule has 16 heavy (non-hydrogen) atoms. The van der Waals surface area contributed by atoms with Crippen molar-refractivity contribution in [3.63, 3.8) is 0 Å². The molecule has 0 saturated heterocycles. The minimum absolute atomic E-state index is 0.0301. The highest BCUT2D eigenvalue weighted by Crippen LogP contribution is 2.61. The highest BCUT2D eigenvalue weighted by molar-refractivity contribution is 7.89. The van der Waals surface area contributed by atoms with Crippen LogP contribution in [-0.4, -0.2) is 13.7 Å². The van der Waals surface area contributed by atoms with Gasteiger partial charge in [0.05, 0.1) is 5.25 Å². The third kappa shape index (κ3) is 1.53. The van der Waals surface area contributed by atoms with E-state index in [0.717, 1.165) is 37.0 Å². The second-order valence-electron chi connectivity index (χ2n) is 6.51. The van der Waals surface area contributed by atoms with Crippen molar-refractivity contribution in [2.75, 3.05) is 0 Å². The normalized spacial score (nSPS) is 48.2. The zero-order valence-corrected chi connectivity index (χ0v) is 10.7. The van der Waals surface area contributed by atoms with E-state index in [-0.39, 0.29) is 10.7 Å². The van der Waals surface area contributed by atoms with Crippen molar-refractivity contribution in [2.24, 2.45) is 28.3 Å². The summed E-state index contributed by atoms with van der Waals surface area (Å²) in [7, 11) is -3.37. The van der Waals surface area contributed by atoms with Gasteiger partial charge >= 0.3 is 0 Å². The number of primary sulfonamides is 1. The Hall–Kier alpha value is -0.0900. The first-order chi connectivity index (χ1) is 7.39. The van der Waals surface area contributed by atoms with E-state index >= 15 is 0 Å². The van der Waals surface area contributed by atoms with Gasteiger partial charge in [-0.3, -0.25) is 0 Å². The van der Waals surface area contributed by atoms with Gasteiger partial charge in [-0.25, -0.2) is 13.6 Å². The molecule has 0 aromatic rings. The van der Waals surface area contributed by atoms with Crippen molar-refractivity contribution in [3.05, 3.63) is 0 Å². The maximum Gasteiger partial charge on any atom is 0.212 e. The predicted molar refractivity (Wildman–Crippen MR) is 63.2 cm³/mol. The molecule has 4 rings (SSSR count).